The van der Waals surface area contributed by atoms with Crippen LogP contribution in [0.5, 0.6) is 0 Å². The van der Waals surface area contributed by atoms with E-state index in [0.29, 0.717) is 5.82 Å². The van der Waals surface area contributed by atoms with E-state index in [4.69, 9.17) is 0 Å². The number of aromatic amines is 1. The van der Waals surface area contributed by atoms with Crippen molar-refractivity contribution in [3.63, 3.8) is 0 Å². The summed E-state index contributed by atoms with van der Waals surface area (Å²) in [5.74, 6) is -0.643. The average molecular weight is 222 g/mol. The minimum absolute atomic E-state index is 0.146. The van der Waals surface area contributed by atoms with Crippen molar-refractivity contribution in [3.05, 3.63) is 35.7 Å². The molecule has 1 amide bonds. The van der Waals surface area contributed by atoms with Gasteiger partial charge in [-0.2, -0.15) is 9.60 Å². The number of carbonyl (C=O) groups excluding carboxylic acids is 1. The van der Waals surface area contributed by atoms with Crippen molar-refractivity contribution in [2.24, 2.45) is 0 Å². The van der Waals surface area contributed by atoms with Gasteiger partial charge < -0.3 is 5.32 Å². The molecule has 0 radical (unpaired) electrons. The SMILES string of the molecule is O=C(NCc1nn[nH]n1)c1ccc(F)nc1. The molecule has 0 aliphatic carbocycles. The Kier molecular flexibility index (Phi) is 2.81. The summed E-state index contributed by atoms with van der Waals surface area (Å²) in [6.07, 6.45) is 1.15. The Bertz CT molecular complexity index is 468. The molecule has 0 saturated heterocycles. The highest BCUT2D eigenvalue weighted by atomic mass is 19.1. The number of amides is 1. The third-order valence-electron chi connectivity index (χ3n) is 1.79. The molecule has 2 rings (SSSR count). The van der Waals surface area contributed by atoms with Crippen LogP contribution in [0, 0.1) is 5.95 Å². The summed E-state index contributed by atoms with van der Waals surface area (Å²) in [4.78, 5) is 14.9. The molecule has 0 bridgehead atoms. The van der Waals surface area contributed by atoms with Crippen LogP contribution in [0.2, 0.25) is 0 Å². The van der Waals surface area contributed by atoms with Crippen LogP contribution in [-0.2, 0) is 6.54 Å². The predicted molar refractivity (Wildman–Crippen MR) is 49.5 cm³/mol. The van der Waals surface area contributed by atoms with Crippen LogP contribution in [0.3, 0.4) is 0 Å². The summed E-state index contributed by atoms with van der Waals surface area (Å²) in [6.45, 7) is 0.146. The van der Waals surface area contributed by atoms with Gasteiger partial charge in [0.15, 0.2) is 5.82 Å². The molecule has 82 valence electrons. The Balaban J connectivity index is 1.95. The number of nitrogens with zero attached hydrogens (tertiary/aromatic N) is 4. The minimum Gasteiger partial charge on any atom is -0.345 e. The Labute approximate surface area is 89.1 Å². The smallest absolute Gasteiger partial charge is 0.253 e. The topological polar surface area (TPSA) is 96.5 Å². The quantitative estimate of drug-likeness (QED) is 0.693. The number of rotatable bonds is 3. The molecular weight excluding hydrogens is 215 g/mol. The van der Waals surface area contributed by atoms with E-state index < -0.39 is 5.95 Å². The molecule has 0 spiro atoms. The van der Waals surface area contributed by atoms with E-state index in [-0.39, 0.29) is 18.0 Å². The van der Waals surface area contributed by atoms with Gasteiger partial charge in [0.05, 0.1) is 12.1 Å². The summed E-state index contributed by atoms with van der Waals surface area (Å²) in [5.41, 5.74) is 0.268. The molecule has 2 N–H and O–H groups in total. The monoisotopic (exact) mass is 222 g/mol. The van der Waals surface area contributed by atoms with Gasteiger partial charge in [-0.25, -0.2) is 4.98 Å². The van der Waals surface area contributed by atoms with E-state index in [0.717, 1.165) is 12.3 Å². The fourth-order valence-electron chi connectivity index (χ4n) is 1.03. The van der Waals surface area contributed by atoms with E-state index in [2.05, 4.69) is 30.9 Å². The summed E-state index contributed by atoms with van der Waals surface area (Å²) >= 11 is 0. The number of carbonyl (C=O) groups is 1. The van der Waals surface area contributed by atoms with E-state index in [1.807, 2.05) is 0 Å². The Morgan fingerprint density at radius 3 is 3.00 bits per heavy atom. The van der Waals surface area contributed by atoms with Crippen molar-refractivity contribution < 1.29 is 9.18 Å². The normalized spacial score (nSPS) is 10.1. The Hall–Kier alpha value is -2.38. The molecule has 2 aromatic rings. The highest BCUT2D eigenvalue weighted by Crippen LogP contribution is 1.98. The van der Waals surface area contributed by atoms with Gasteiger partial charge in [-0.3, -0.25) is 4.79 Å². The van der Waals surface area contributed by atoms with Gasteiger partial charge in [0.2, 0.25) is 5.95 Å². The lowest BCUT2D eigenvalue weighted by molar-refractivity contribution is 0.0949. The van der Waals surface area contributed by atoms with E-state index in [9.17, 15) is 9.18 Å². The fourth-order valence-corrected chi connectivity index (χ4v) is 1.03. The molecule has 8 heteroatoms. The maximum absolute atomic E-state index is 12.5. The summed E-state index contributed by atoms with van der Waals surface area (Å²) < 4.78 is 12.5. The molecule has 0 atom stereocenters. The lowest BCUT2D eigenvalue weighted by Crippen LogP contribution is -2.23. The highest BCUT2D eigenvalue weighted by molar-refractivity contribution is 5.93. The molecule has 7 nitrogen and oxygen atoms in total. The van der Waals surface area contributed by atoms with Gasteiger partial charge in [0.1, 0.15) is 0 Å². The fraction of sp³-hybridized carbons (Fsp3) is 0.125. The van der Waals surface area contributed by atoms with Gasteiger partial charge >= 0.3 is 0 Å². The van der Waals surface area contributed by atoms with Crippen LogP contribution >= 0.6 is 0 Å². The number of halogens is 1. The number of hydrogen-bond donors (Lipinski definition) is 2. The van der Waals surface area contributed by atoms with Gasteiger partial charge in [0.25, 0.3) is 5.91 Å². The summed E-state index contributed by atoms with van der Waals surface area (Å²) in [6, 6.07) is 2.46. The van der Waals surface area contributed by atoms with Crippen LogP contribution < -0.4 is 5.32 Å². The first kappa shape index (κ1) is 10.1. The number of nitrogens with one attached hydrogen (secondary N) is 2. The van der Waals surface area contributed by atoms with Crippen molar-refractivity contribution in [3.8, 4) is 0 Å². The molecule has 0 fully saturated rings. The third-order valence-corrected chi connectivity index (χ3v) is 1.79. The van der Waals surface area contributed by atoms with E-state index in [1.54, 1.807) is 0 Å². The number of H-pyrrole nitrogens is 1. The summed E-state index contributed by atoms with van der Waals surface area (Å²) in [5, 5.41) is 15.4. The second kappa shape index (κ2) is 4.43. The van der Waals surface area contributed by atoms with Gasteiger partial charge in [-0.05, 0) is 12.1 Å². The van der Waals surface area contributed by atoms with E-state index >= 15 is 0 Å². The number of aromatic nitrogens is 5. The lowest BCUT2D eigenvalue weighted by Gasteiger charge is -2.01. The molecule has 0 unspecified atom stereocenters. The van der Waals surface area contributed by atoms with Crippen LogP contribution in [0.1, 0.15) is 16.2 Å². The zero-order valence-electron chi connectivity index (χ0n) is 8.01. The van der Waals surface area contributed by atoms with Crippen molar-refractivity contribution in [1.29, 1.82) is 0 Å². The predicted octanol–water partition coefficient (Wildman–Crippen LogP) is -0.336. The largest absolute Gasteiger partial charge is 0.345 e. The molecule has 16 heavy (non-hydrogen) atoms. The first-order valence-corrected chi connectivity index (χ1v) is 4.38. The van der Waals surface area contributed by atoms with Crippen LogP contribution in [0.25, 0.3) is 0 Å². The third kappa shape index (κ3) is 2.35. The minimum atomic E-state index is -0.630. The first-order valence-electron chi connectivity index (χ1n) is 4.38. The molecule has 0 aliphatic rings. The number of pyridine rings is 1. The van der Waals surface area contributed by atoms with Crippen molar-refractivity contribution in [1.82, 2.24) is 30.9 Å². The van der Waals surface area contributed by atoms with Crippen LogP contribution in [0.4, 0.5) is 4.39 Å². The zero-order chi connectivity index (χ0) is 11.4. The molecule has 0 saturated carbocycles. The molecule has 0 aromatic carbocycles. The van der Waals surface area contributed by atoms with Crippen LogP contribution in [0.15, 0.2) is 18.3 Å². The van der Waals surface area contributed by atoms with E-state index in [1.165, 1.54) is 6.07 Å². The average Bonchev–Trinajstić information content (AvgIpc) is 2.80. The zero-order valence-corrected chi connectivity index (χ0v) is 8.01. The Morgan fingerprint density at radius 2 is 2.38 bits per heavy atom. The molecule has 2 aromatic heterocycles. The van der Waals surface area contributed by atoms with Crippen molar-refractivity contribution >= 4 is 5.91 Å². The van der Waals surface area contributed by atoms with Gasteiger partial charge in [-0.1, -0.05) is 5.21 Å². The molecule has 2 heterocycles. The lowest BCUT2D eigenvalue weighted by atomic mass is 10.2. The van der Waals surface area contributed by atoms with Crippen LogP contribution in [-0.4, -0.2) is 31.5 Å². The second-order valence-electron chi connectivity index (χ2n) is 2.88. The van der Waals surface area contributed by atoms with Crippen molar-refractivity contribution in [2.75, 3.05) is 0 Å². The second-order valence-corrected chi connectivity index (χ2v) is 2.88. The molecule has 0 aliphatic heterocycles. The number of hydrogen-bond acceptors (Lipinski definition) is 5. The van der Waals surface area contributed by atoms with Gasteiger partial charge in [0, 0.05) is 6.20 Å². The van der Waals surface area contributed by atoms with Crippen molar-refractivity contribution in [2.45, 2.75) is 6.54 Å². The maximum atomic E-state index is 12.5. The molecular formula is C8H7FN6O. The Morgan fingerprint density at radius 1 is 1.50 bits per heavy atom. The van der Waals surface area contributed by atoms with Gasteiger partial charge in [-0.15, -0.1) is 10.2 Å². The first-order chi connectivity index (χ1) is 7.75. The standard InChI is InChI=1S/C8H7FN6O/c9-6-2-1-5(3-10-6)8(16)11-4-7-12-14-15-13-7/h1-3H,4H2,(H,11,16)(H,12,13,14,15). The highest BCUT2D eigenvalue weighted by Gasteiger charge is 2.07. The summed E-state index contributed by atoms with van der Waals surface area (Å²) in [7, 11) is 0. The maximum Gasteiger partial charge on any atom is 0.253 e. The number of tetrazole rings is 1.